The lowest BCUT2D eigenvalue weighted by molar-refractivity contribution is -0.171. The maximum atomic E-state index is 12.5. The van der Waals surface area contributed by atoms with Crippen LogP contribution in [-0.4, -0.2) is 25.2 Å². The van der Waals surface area contributed by atoms with E-state index in [4.69, 9.17) is 14.2 Å². The van der Waals surface area contributed by atoms with E-state index < -0.39 is 17.4 Å². The smallest absolute Gasteiger partial charge is 0.324 e. The van der Waals surface area contributed by atoms with Crippen LogP contribution in [0.1, 0.15) is 36.1 Å². The molecule has 118 valence electrons. The van der Waals surface area contributed by atoms with Crippen LogP contribution in [0.2, 0.25) is 0 Å². The van der Waals surface area contributed by atoms with E-state index in [0.717, 1.165) is 22.3 Å². The lowest BCUT2D eigenvalue weighted by Crippen LogP contribution is -2.43. The van der Waals surface area contributed by atoms with Crippen molar-refractivity contribution in [2.24, 2.45) is 5.41 Å². The molecule has 0 saturated heterocycles. The predicted molar refractivity (Wildman–Crippen MR) is 78.0 cm³/mol. The van der Waals surface area contributed by atoms with E-state index in [1.165, 1.54) is 0 Å². The topological polar surface area (TPSA) is 61.8 Å². The van der Waals surface area contributed by atoms with Gasteiger partial charge in [-0.1, -0.05) is 12.1 Å². The lowest BCUT2D eigenvalue weighted by Gasteiger charge is -2.24. The molecule has 3 rings (SSSR count). The average molecular weight is 304 g/mol. The van der Waals surface area contributed by atoms with Crippen LogP contribution < -0.4 is 0 Å². The fraction of sp³-hybridized carbons (Fsp3) is 0.529. The maximum absolute atomic E-state index is 12.5. The molecule has 1 aromatic carbocycles. The second-order valence-electron chi connectivity index (χ2n) is 5.71. The number of hydrogen-bond donors (Lipinski definition) is 0. The molecule has 0 amide bonds. The molecule has 1 aliphatic carbocycles. The van der Waals surface area contributed by atoms with Crippen LogP contribution in [-0.2, 0) is 49.9 Å². The Labute approximate surface area is 129 Å². The first-order chi connectivity index (χ1) is 10.6. The van der Waals surface area contributed by atoms with Gasteiger partial charge in [-0.2, -0.15) is 0 Å². The van der Waals surface area contributed by atoms with Gasteiger partial charge in [0.25, 0.3) is 0 Å². The summed E-state index contributed by atoms with van der Waals surface area (Å²) in [5.41, 5.74) is 3.09. The molecule has 0 bridgehead atoms. The molecule has 1 heterocycles. The van der Waals surface area contributed by atoms with Gasteiger partial charge in [-0.3, -0.25) is 9.59 Å². The number of carbonyl (C=O) groups is 2. The summed E-state index contributed by atoms with van der Waals surface area (Å²) in [6, 6.07) is 4.01. The van der Waals surface area contributed by atoms with Crippen molar-refractivity contribution >= 4 is 11.9 Å². The van der Waals surface area contributed by atoms with Crippen molar-refractivity contribution in [2.75, 3.05) is 13.2 Å². The van der Waals surface area contributed by atoms with Gasteiger partial charge in [-0.05, 0) is 42.5 Å². The number of rotatable bonds is 4. The van der Waals surface area contributed by atoms with E-state index >= 15 is 0 Å². The zero-order chi connectivity index (χ0) is 15.7. The van der Waals surface area contributed by atoms with Gasteiger partial charge in [-0.15, -0.1) is 0 Å². The standard InChI is InChI=1S/C17H20O5/c1-3-21-15(18)17(16(19)22-4-2)7-11-5-6-12-9-20-10-14(12)13(11)8-17/h5-6H,3-4,7-10H2,1-2H3. The second-order valence-corrected chi connectivity index (χ2v) is 5.71. The maximum Gasteiger partial charge on any atom is 0.324 e. The van der Waals surface area contributed by atoms with Gasteiger partial charge in [0, 0.05) is 6.42 Å². The first-order valence-electron chi connectivity index (χ1n) is 7.67. The molecule has 0 aromatic heterocycles. The number of carbonyl (C=O) groups excluding carboxylic acids is 2. The molecule has 0 spiro atoms. The third kappa shape index (κ3) is 2.20. The zero-order valence-electron chi connectivity index (χ0n) is 12.9. The summed E-state index contributed by atoms with van der Waals surface area (Å²) in [7, 11) is 0. The van der Waals surface area contributed by atoms with Gasteiger partial charge in [0.05, 0.1) is 26.4 Å². The van der Waals surface area contributed by atoms with Crippen LogP contribution in [0.3, 0.4) is 0 Å². The predicted octanol–water partition coefficient (Wildman–Crippen LogP) is 1.93. The van der Waals surface area contributed by atoms with Crippen LogP contribution in [0, 0.1) is 5.41 Å². The third-order valence-corrected chi connectivity index (χ3v) is 4.43. The first-order valence-corrected chi connectivity index (χ1v) is 7.67. The van der Waals surface area contributed by atoms with Crippen molar-refractivity contribution in [3.05, 3.63) is 34.4 Å². The Morgan fingerprint density at radius 3 is 2.27 bits per heavy atom. The number of benzene rings is 1. The number of fused-ring (bicyclic) bond motifs is 3. The molecule has 2 aliphatic rings. The SMILES string of the molecule is CCOC(=O)C1(C(=O)OCC)Cc2ccc3c(c2C1)COC3. The van der Waals surface area contributed by atoms with Crippen LogP contribution >= 0.6 is 0 Å². The molecule has 1 aliphatic heterocycles. The molecule has 0 N–H and O–H groups in total. The van der Waals surface area contributed by atoms with E-state index in [0.29, 0.717) is 26.1 Å². The van der Waals surface area contributed by atoms with E-state index in [1.54, 1.807) is 13.8 Å². The summed E-state index contributed by atoms with van der Waals surface area (Å²) in [5.74, 6) is -0.977. The summed E-state index contributed by atoms with van der Waals surface area (Å²) < 4.78 is 15.8. The second kappa shape index (κ2) is 5.72. The monoisotopic (exact) mass is 304 g/mol. The van der Waals surface area contributed by atoms with E-state index in [1.807, 2.05) is 12.1 Å². The largest absolute Gasteiger partial charge is 0.465 e. The van der Waals surface area contributed by atoms with E-state index in [-0.39, 0.29) is 13.2 Å². The molecule has 5 heteroatoms. The molecule has 22 heavy (non-hydrogen) atoms. The Kier molecular flexibility index (Phi) is 3.91. The first kappa shape index (κ1) is 15.0. The fourth-order valence-corrected chi connectivity index (χ4v) is 3.35. The van der Waals surface area contributed by atoms with E-state index in [9.17, 15) is 9.59 Å². The zero-order valence-corrected chi connectivity index (χ0v) is 12.9. The minimum atomic E-state index is -1.24. The fourth-order valence-electron chi connectivity index (χ4n) is 3.35. The van der Waals surface area contributed by atoms with Gasteiger partial charge in [0.1, 0.15) is 0 Å². The Hall–Kier alpha value is -1.88. The molecule has 0 unspecified atom stereocenters. The minimum absolute atomic E-state index is 0.248. The highest BCUT2D eigenvalue weighted by molar-refractivity contribution is 6.01. The Balaban J connectivity index is 2.00. The highest BCUT2D eigenvalue weighted by atomic mass is 16.6. The minimum Gasteiger partial charge on any atom is -0.465 e. The summed E-state index contributed by atoms with van der Waals surface area (Å²) >= 11 is 0. The molecular weight excluding hydrogens is 284 g/mol. The Morgan fingerprint density at radius 2 is 1.64 bits per heavy atom. The molecular formula is C17H20O5. The van der Waals surface area contributed by atoms with Gasteiger partial charge < -0.3 is 14.2 Å². The van der Waals surface area contributed by atoms with Crippen molar-refractivity contribution in [1.29, 1.82) is 0 Å². The molecule has 5 nitrogen and oxygen atoms in total. The van der Waals surface area contributed by atoms with Gasteiger partial charge in [0.15, 0.2) is 5.41 Å². The highest BCUT2D eigenvalue weighted by Gasteiger charge is 2.53. The third-order valence-electron chi connectivity index (χ3n) is 4.43. The van der Waals surface area contributed by atoms with Crippen LogP contribution in [0.15, 0.2) is 12.1 Å². The van der Waals surface area contributed by atoms with Crippen molar-refractivity contribution in [2.45, 2.75) is 39.9 Å². The number of ether oxygens (including phenoxy) is 3. The van der Waals surface area contributed by atoms with Crippen molar-refractivity contribution in [1.82, 2.24) is 0 Å². The molecule has 0 radical (unpaired) electrons. The Bertz CT molecular complexity index is 602. The Morgan fingerprint density at radius 1 is 1.00 bits per heavy atom. The molecule has 0 atom stereocenters. The van der Waals surface area contributed by atoms with E-state index in [2.05, 4.69) is 0 Å². The van der Waals surface area contributed by atoms with Crippen LogP contribution in [0.5, 0.6) is 0 Å². The molecule has 0 fully saturated rings. The van der Waals surface area contributed by atoms with Gasteiger partial charge in [-0.25, -0.2) is 0 Å². The van der Waals surface area contributed by atoms with Crippen LogP contribution in [0.4, 0.5) is 0 Å². The molecule has 0 saturated carbocycles. The average Bonchev–Trinajstić information content (AvgIpc) is 3.12. The highest BCUT2D eigenvalue weighted by Crippen LogP contribution is 2.43. The van der Waals surface area contributed by atoms with Crippen molar-refractivity contribution < 1.29 is 23.8 Å². The van der Waals surface area contributed by atoms with Crippen LogP contribution in [0.25, 0.3) is 0 Å². The van der Waals surface area contributed by atoms with Crippen molar-refractivity contribution in [3.63, 3.8) is 0 Å². The number of hydrogen-bond acceptors (Lipinski definition) is 5. The quantitative estimate of drug-likeness (QED) is 0.628. The summed E-state index contributed by atoms with van der Waals surface area (Å²) in [4.78, 5) is 25.0. The number of esters is 2. The molecule has 1 aromatic rings. The summed E-state index contributed by atoms with van der Waals surface area (Å²) in [5, 5.41) is 0. The van der Waals surface area contributed by atoms with Crippen molar-refractivity contribution in [3.8, 4) is 0 Å². The normalized spacial score (nSPS) is 17.7. The van der Waals surface area contributed by atoms with Gasteiger partial charge in [0.2, 0.25) is 0 Å². The summed E-state index contributed by atoms with van der Waals surface area (Å²) in [6.07, 6.45) is 0.680. The summed E-state index contributed by atoms with van der Waals surface area (Å²) in [6.45, 7) is 5.11. The van der Waals surface area contributed by atoms with Gasteiger partial charge >= 0.3 is 11.9 Å². The lowest BCUT2D eigenvalue weighted by atomic mass is 9.84.